The first-order valence-corrected chi connectivity index (χ1v) is 6.79. The molecule has 1 rings (SSSR count). The topological polar surface area (TPSA) is 69.4 Å². The molecule has 104 valence electrons. The Hall–Kier alpha value is -1.69. The number of nitrogens with zero attached hydrogens (tertiary/aromatic N) is 1. The lowest BCUT2D eigenvalue weighted by Gasteiger charge is -2.19. The molecule has 0 amide bonds. The second-order valence-electron chi connectivity index (χ2n) is 3.88. The SMILES string of the molecule is CCCOc1ccc(C([CH-][N+](=O)[O-])SC(C)=O)cc1. The van der Waals surface area contributed by atoms with Gasteiger partial charge >= 0.3 is 0 Å². The molecule has 1 unspecified atom stereocenters. The van der Waals surface area contributed by atoms with E-state index in [4.69, 9.17) is 4.74 Å². The molecule has 0 saturated heterocycles. The standard InChI is InChI=1S/C13H16NO4S/c1-3-8-18-12-6-4-11(5-7-12)13(9-14(16)17)19-10(2)15/h4-7,9,13H,3,8H2,1-2H3/q-1. The van der Waals surface area contributed by atoms with Crippen LogP contribution in [-0.4, -0.2) is 16.6 Å². The van der Waals surface area contributed by atoms with Gasteiger partial charge in [-0.1, -0.05) is 24.6 Å². The van der Waals surface area contributed by atoms with Crippen LogP contribution in [0.25, 0.3) is 0 Å². The summed E-state index contributed by atoms with van der Waals surface area (Å²) in [6, 6.07) is 7.00. The Bertz CT molecular complexity index is 417. The normalized spacial score (nSPS) is 11.7. The maximum atomic E-state index is 11.1. The van der Waals surface area contributed by atoms with Crippen LogP contribution in [0, 0.1) is 16.7 Å². The van der Waals surface area contributed by atoms with Crippen LogP contribution in [0.15, 0.2) is 24.3 Å². The van der Waals surface area contributed by atoms with E-state index in [1.54, 1.807) is 24.3 Å². The van der Waals surface area contributed by atoms with Crippen molar-refractivity contribution < 1.29 is 14.5 Å². The molecule has 1 aromatic rings. The van der Waals surface area contributed by atoms with Crippen molar-refractivity contribution in [2.75, 3.05) is 6.61 Å². The first-order chi connectivity index (χ1) is 9.02. The van der Waals surface area contributed by atoms with Gasteiger partial charge in [0.05, 0.1) is 6.61 Å². The van der Waals surface area contributed by atoms with Crippen molar-refractivity contribution in [3.8, 4) is 5.75 Å². The fourth-order valence-electron chi connectivity index (χ4n) is 1.45. The van der Waals surface area contributed by atoms with Crippen molar-refractivity contribution in [2.45, 2.75) is 25.5 Å². The van der Waals surface area contributed by atoms with E-state index in [-0.39, 0.29) is 5.12 Å². The van der Waals surface area contributed by atoms with Gasteiger partial charge in [-0.15, -0.1) is 16.7 Å². The summed E-state index contributed by atoms with van der Waals surface area (Å²) >= 11 is 0.928. The van der Waals surface area contributed by atoms with E-state index >= 15 is 0 Å². The summed E-state index contributed by atoms with van der Waals surface area (Å²) < 4.78 is 5.43. The number of hydrogen-bond donors (Lipinski definition) is 0. The number of carbonyl (C=O) groups is 1. The summed E-state index contributed by atoms with van der Waals surface area (Å²) in [5, 5.41) is 9.84. The Labute approximate surface area is 116 Å². The second-order valence-corrected chi connectivity index (χ2v) is 5.20. The van der Waals surface area contributed by atoms with Crippen LogP contribution < -0.4 is 4.74 Å². The molecular weight excluding hydrogens is 266 g/mol. The van der Waals surface area contributed by atoms with Gasteiger partial charge < -0.3 is 4.74 Å². The number of rotatable bonds is 7. The highest BCUT2D eigenvalue weighted by Crippen LogP contribution is 2.32. The first-order valence-electron chi connectivity index (χ1n) is 5.91. The van der Waals surface area contributed by atoms with Crippen LogP contribution in [0.1, 0.15) is 31.1 Å². The predicted octanol–water partition coefficient (Wildman–Crippen LogP) is 3.23. The summed E-state index contributed by atoms with van der Waals surface area (Å²) in [5.74, 6) is 0.721. The average molecular weight is 282 g/mol. The maximum absolute atomic E-state index is 11.1. The molecule has 0 heterocycles. The van der Waals surface area contributed by atoms with Crippen molar-refractivity contribution in [1.82, 2.24) is 0 Å². The van der Waals surface area contributed by atoms with Crippen molar-refractivity contribution in [3.05, 3.63) is 46.5 Å². The molecule has 1 atom stereocenters. The molecule has 0 aromatic heterocycles. The number of thioether (sulfide) groups is 1. The lowest BCUT2D eigenvalue weighted by molar-refractivity contribution is -0.437. The van der Waals surface area contributed by atoms with E-state index in [9.17, 15) is 14.9 Å². The summed E-state index contributed by atoms with van der Waals surface area (Å²) in [5.41, 5.74) is 0.709. The minimum atomic E-state index is -0.576. The number of hydrogen-bond acceptors (Lipinski definition) is 5. The smallest absolute Gasteiger partial charge is 0.184 e. The lowest BCUT2D eigenvalue weighted by atomic mass is 10.1. The summed E-state index contributed by atoms with van der Waals surface area (Å²) in [4.78, 5) is 21.2. The molecule has 19 heavy (non-hydrogen) atoms. The highest BCUT2D eigenvalue weighted by atomic mass is 32.2. The number of ether oxygens (including phenoxy) is 1. The van der Waals surface area contributed by atoms with Crippen LogP contribution in [0.3, 0.4) is 0 Å². The quantitative estimate of drug-likeness (QED) is 0.436. The van der Waals surface area contributed by atoms with E-state index in [1.165, 1.54) is 6.92 Å². The summed E-state index contributed by atoms with van der Waals surface area (Å²) in [6.07, 6.45) is 0.916. The molecule has 0 spiro atoms. The monoisotopic (exact) mass is 282 g/mol. The molecule has 6 heteroatoms. The summed E-state index contributed by atoms with van der Waals surface area (Å²) in [7, 11) is 0. The lowest BCUT2D eigenvalue weighted by Crippen LogP contribution is -2.05. The van der Waals surface area contributed by atoms with Crippen LogP contribution in [0.2, 0.25) is 0 Å². The maximum Gasteiger partial charge on any atom is 0.184 e. The van der Waals surface area contributed by atoms with Crippen molar-refractivity contribution in [3.63, 3.8) is 0 Å². The van der Waals surface area contributed by atoms with Crippen LogP contribution in [-0.2, 0) is 4.79 Å². The first kappa shape index (κ1) is 15.4. The molecule has 0 N–H and O–H groups in total. The number of nitro groups is 1. The molecule has 0 bridgehead atoms. The predicted molar refractivity (Wildman–Crippen MR) is 74.5 cm³/mol. The fourth-order valence-corrected chi connectivity index (χ4v) is 2.26. The second kappa shape index (κ2) is 7.68. The Balaban J connectivity index is 2.77. The number of benzene rings is 1. The van der Waals surface area contributed by atoms with Gasteiger partial charge in [0.1, 0.15) is 5.75 Å². The molecule has 0 aliphatic heterocycles. The zero-order valence-corrected chi connectivity index (χ0v) is 11.7. The van der Waals surface area contributed by atoms with Crippen LogP contribution >= 0.6 is 11.8 Å². The van der Waals surface area contributed by atoms with E-state index in [0.29, 0.717) is 12.2 Å². The van der Waals surface area contributed by atoms with E-state index in [1.807, 2.05) is 6.92 Å². The van der Waals surface area contributed by atoms with Crippen molar-refractivity contribution in [1.29, 1.82) is 0 Å². The Morgan fingerprint density at radius 3 is 2.58 bits per heavy atom. The van der Waals surface area contributed by atoms with Gasteiger partial charge in [-0.3, -0.25) is 14.9 Å². The van der Waals surface area contributed by atoms with Gasteiger partial charge in [0.25, 0.3) is 0 Å². The molecule has 1 aromatic carbocycles. The molecule has 5 nitrogen and oxygen atoms in total. The third-order valence-corrected chi connectivity index (χ3v) is 3.21. The van der Waals surface area contributed by atoms with Gasteiger partial charge in [-0.05, 0) is 30.3 Å². The molecule has 0 aliphatic carbocycles. The van der Waals surface area contributed by atoms with E-state index in [2.05, 4.69) is 0 Å². The molecule has 0 saturated carbocycles. The van der Waals surface area contributed by atoms with Crippen molar-refractivity contribution >= 4 is 16.9 Å². The summed E-state index contributed by atoms with van der Waals surface area (Å²) in [6.45, 7) is 4.96. The van der Waals surface area contributed by atoms with Gasteiger partial charge in [-0.25, -0.2) is 0 Å². The molecule has 0 radical (unpaired) electrons. The minimum Gasteiger partial charge on any atom is -0.494 e. The Morgan fingerprint density at radius 1 is 1.47 bits per heavy atom. The Kier molecular flexibility index (Phi) is 6.21. The highest BCUT2D eigenvalue weighted by molar-refractivity contribution is 8.13. The molecular formula is C13H16NO4S-. The number of carbonyl (C=O) groups excluding carboxylic acids is 1. The van der Waals surface area contributed by atoms with E-state index < -0.39 is 10.2 Å². The van der Waals surface area contributed by atoms with E-state index in [0.717, 1.165) is 30.5 Å². The largest absolute Gasteiger partial charge is 0.494 e. The zero-order chi connectivity index (χ0) is 14.3. The third-order valence-electron chi connectivity index (χ3n) is 2.23. The van der Waals surface area contributed by atoms with Gasteiger partial charge in [0.15, 0.2) is 5.12 Å². The highest BCUT2D eigenvalue weighted by Gasteiger charge is 2.12. The minimum absolute atomic E-state index is 0.158. The van der Waals surface area contributed by atoms with Crippen LogP contribution in [0.5, 0.6) is 5.75 Å². The average Bonchev–Trinajstić information content (AvgIpc) is 2.35. The van der Waals surface area contributed by atoms with Gasteiger partial charge in [-0.2, -0.15) is 0 Å². The van der Waals surface area contributed by atoms with Gasteiger partial charge in [0.2, 0.25) is 0 Å². The third kappa shape index (κ3) is 5.65. The Morgan fingerprint density at radius 2 is 2.11 bits per heavy atom. The van der Waals surface area contributed by atoms with Gasteiger partial charge in [0, 0.05) is 6.92 Å². The zero-order valence-electron chi connectivity index (χ0n) is 10.9. The fraction of sp³-hybridized carbons (Fsp3) is 0.385. The molecule has 0 fully saturated rings. The molecule has 0 aliphatic rings. The van der Waals surface area contributed by atoms with Crippen molar-refractivity contribution in [2.24, 2.45) is 0 Å². The van der Waals surface area contributed by atoms with Crippen LogP contribution in [0.4, 0.5) is 0 Å².